The fraction of sp³-hybridized carbons (Fsp3) is 0.833. The van der Waals surface area contributed by atoms with Gasteiger partial charge in [-0.15, -0.1) is 12.4 Å². The SMILES string of the molecule is CC(C)(C)C(=O)NCC(=O)N[C@H]1CCCNC1.Cl. The van der Waals surface area contributed by atoms with Gasteiger partial charge >= 0.3 is 0 Å². The summed E-state index contributed by atoms with van der Waals surface area (Å²) in [7, 11) is 0. The lowest BCUT2D eigenvalue weighted by Crippen LogP contribution is -2.49. The van der Waals surface area contributed by atoms with Crippen molar-refractivity contribution < 1.29 is 9.59 Å². The zero-order chi connectivity index (χ0) is 12.9. The summed E-state index contributed by atoms with van der Waals surface area (Å²) in [4.78, 5) is 23.1. The Hall–Kier alpha value is -0.810. The third kappa shape index (κ3) is 6.21. The minimum Gasteiger partial charge on any atom is -0.351 e. The molecule has 2 amide bonds. The van der Waals surface area contributed by atoms with Crippen molar-refractivity contribution in [1.82, 2.24) is 16.0 Å². The van der Waals surface area contributed by atoms with Crippen LogP contribution in [0.2, 0.25) is 0 Å². The van der Waals surface area contributed by atoms with Crippen LogP contribution in [0.3, 0.4) is 0 Å². The van der Waals surface area contributed by atoms with Gasteiger partial charge in [0.2, 0.25) is 11.8 Å². The lowest BCUT2D eigenvalue weighted by atomic mass is 9.96. The van der Waals surface area contributed by atoms with Crippen LogP contribution in [0, 0.1) is 5.41 Å². The maximum atomic E-state index is 11.6. The van der Waals surface area contributed by atoms with Crippen molar-refractivity contribution in [3.8, 4) is 0 Å². The number of hydrogen-bond donors (Lipinski definition) is 3. The van der Waals surface area contributed by atoms with E-state index < -0.39 is 5.41 Å². The fourth-order valence-electron chi connectivity index (χ4n) is 1.68. The number of carbonyl (C=O) groups is 2. The molecule has 106 valence electrons. The fourth-order valence-corrected chi connectivity index (χ4v) is 1.68. The first kappa shape index (κ1) is 17.2. The number of rotatable bonds is 3. The molecule has 0 aromatic rings. The lowest BCUT2D eigenvalue weighted by Gasteiger charge is -2.24. The molecule has 18 heavy (non-hydrogen) atoms. The van der Waals surface area contributed by atoms with E-state index in [2.05, 4.69) is 16.0 Å². The highest BCUT2D eigenvalue weighted by molar-refractivity contribution is 5.87. The van der Waals surface area contributed by atoms with Gasteiger partial charge in [0.25, 0.3) is 0 Å². The number of amides is 2. The van der Waals surface area contributed by atoms with Crippen LogP contribution in [0.25, 0.3) is 0 Å². The van der Waals surface area contributed by atoms with Crippen LogP contribution in [-0.4, -0.2) is 37.5 Å². The molecule has 1 aliphatic heterocycles. The second kappa shape index (κ2) is 7.59. The highest BCUT2D eigenvalue weighted by Crippen LogP contribution is 2.11. The van der Waals surface area contributed by atoms with E-state index in [1.807, 2.05) is 20.8 Å². The summed E-state index contributed by atoms with van der Waals surface area (Å²) >= 11 is 0. The van der Waals surface area contributed by atoms with Crippen molar-refractivity contribution in [2.24, 2.45) is 5.41 Å². The molecule has 1 atom stereocenters. The van der Waals surface area contributed by atoms with E-state index in [-0.39, 0.29) is 36.8 Å². The van der Waals surface area contributed by atoms with Crippen LogP contribution in [-0.2, 0) is 9.59 Å². The second-order valence-corrected chi connectivity index (χ2v) is 5.54. The Bertz CT molecular complexity index is 284. The van der Waals surface area contributed by atoms with Crippen molar-refractivity contribution in [1.29, 1.82) is 0 Å². The molecule has 0 aromatic carbocycles. The lowest BCUT2D eigenvalue weighted by molar-refractivity contribution is -0.131. The third-order valence-electron chi connectivity index (χ3n) is 2.75. The zero-order valence-electron chi connectivity index (χ0n) is 11.3. The van der Waals surface area contributed by atoms with Crippen LogP contribution in [0.1, 0.15) is 33.6 Å². The van der Waals surface area contributed by atoms with Crippen molar-refractivity contribution >= 4 is 24.2 Å². The van der Waals surface area contributed by atoms with E-state index in [0.29, 0.717) is 0 Å². The first-order valence-electron chi connectivity index (χ1n) is 6.18. The molecule has 0 bridgehead atoms. The molecule has 0 spiro atoms. The maximum absolute atomic E-state index is 11.6. The molecule has 1 fully saturated rings. The Kier molecular flexibility index (Phi) is 7.25. The average molecular weight is 278 g/mol. The summed E-state index contributed by atoms with van der Waals surface area (Å²) in [5, 5.41) is 8.78. The highest BCUT2D eigenvalue weighted by atomic mass is 35.5. The predicted molar refractivity (Wildman–Crippen MR) is 73.7 cm³/mol. The summed E-state index contributed by atoms with van der Waals surface area (Å²) < 4.78 is 0. The topological polar surface area (TPSA) is 70.2 Å². The molecule has 1 saturated heterocycles. The molecule has 0 aromatic heterocycles. The Morgan fingerprint density at radius 2 is 2.00 bits per heavy atom. The molecule has 1 rings (SSSR count). The first-order valence-corrected chi connectivity index (χ1v) is 6.18. The second-order valence-electron chi connectivity index (χ2n) is 5.54. The van der Waals surface area contributed by atoms with Gasteiger partial charge in [-0.2, -0.15) is 0 Å². The van der Waals surface area contributed by atoms with Gasteiger partial charge in [-0.3, -0.25) is 9.59 Å². The zero-order valence-corrected chi connectivity index (χ0v) is 12.2. The van der Waals surface area contributed by atoms with Crippen molar-refractivity contribution in [3.63, 3.8) is 0 Å². The molecule has 0 unspecified atom stereocenters. The monoisotopic (exact) mass is 277 g/mol. The quantitative estimate of drug-likeness (QED) is 0.701. The van der Waals surface area contributed by atoms with Gasteiger partial charge in [0.1, 0.15) is 0 Å². The Balaban J connectivity index is 0.00000289. The number of carbonyl (C=O) groups excluding carboxylic acids is 2. The molecular formula is C12H24ClN3O2. The van der Waals surface area contributed by atoms with Gasteiger partial charge in [0.15, 0.2) is 0 Å². The van der Waals surface area contributed by atoms with Crippen LogP contribution in [0.5, 0.6) is 0 Å². The van der Waals surface area contributed by atoms with Crippen molar-refractivity contribution in [2.75, 3.05) is 19.6 Å². The van der Waals surface area contributed by atoms with Gasteiger partial charge in [-0.05, 0) is 19.4 Å². The van der Waals surface area contributed by atoms with Gasteiger partial charge < -0.3 is 16.0 Å². The largest absolute Gasteiger partial charge is 0.351 e. The molecule has 3 N–H and O–H groups in total. The predicted octanol–water partition coefficient (Wildman–Crippen LogP) is 0.439. The van der Waals surface area contributed by atoms with Gasteiger partial charge in [-0.1, -0.05) is 20.8 Å². The summed E-state index contributed by atoms with van der Waals surface area (Å²) in [6.45, 7) is 7.38. The maximum Gasteiger partial charge on any atom is 0.239 e. The molecule has 0 saturated carbocycles. The van der Waals surface area contributed by atoms with Crippen LogP contribution in [0.4, 0.5) is 0 Å². The summed E-state index contributed by atoms with van der Waals surface area (Å²) in [6.07, 6.45) is 2.09. The molecule has 0 aliphatic carbocycles. The Morgan fingerprint density at radius 1 is 1.33 bits per heavy atom. The van der Waals surface area contributed by atoms with E-state index in [4.69, 9.17) is 0 Å². The summed E-state index contributed by atoms with van der Waals surface area (Å²) in [5.41, 5.74) is -0.452. The van der Waals surface area contributed by atoms with Crippen molar-refractivity contribution in [3.05, 3.63) is 0 Å². The summed E-state index contributed by atoms with van der Waals surface area (Å²) in [6, 6.07) is 0.197. The van der Waals surface area contributed by atoms with Crippen LogP contribution >= 0.6 is 12.4 Å². The number of halogens is 1. The normalized spacial score (nSPS) is 19.6. The highest BCUT2D eigenvalue weighted by Gasteiger charge is 2.22. The van der Waals surface area contributed by atoms with Gasteiger partial charge in [0.05, 0.1) is 6.54 Å². The van der Waals surface area contributed by atoms with E-state index >= 15 is 0 Å². The molecule has 1 heterocycles. The first-order chi connectivity index (χ1) is 7.89. The standard InChI is InChI=1S/C12H23N3O2.ClH/c1-12(2,3)11(17)14-8-10(16)15-9-5-4-6-13-7-9;/h9,13H,4-8H2,1-3H3,(H,14,17)(H,15,16);1H/t9-;/m0./s1. The average Bonchev–Trinajstić information content (AvgIpc) is 2.26. The molecule has 1 aliphatic rings. The van der Waals surface area contributed by atoms with E-state index in [9.17, 15) is 9.59 Å². The molecule has 0 radical (unpaired) electrons. The van der Waals surface area contributed by atoms with E-state index in [1.54, 1.807) is 0 Å². The molecular weight excluding hydrogens is 254 g/mol. The minimum atomic E-state index is -0.452. The van der Waals surface area contributed by atoms with Gasteiger partial charge in [0, 0.05) is 18.0 Å². The Labute approximate surface area is 115 Å². The number of nitrogens with one attached hydrogen (secondary N) is 3. The summed E-state index contributed by atoms with van der Waals surface area (Å²) in [5.74, 6) is -0.217. The van der Waals surface area contributed by atoms with Crippen LogP contribution < -0.4 is 16.0 Å². The molecule has 6 heteroatoms. The minimum absolute atomic E-state index is 0. The van der Waals surface area contributed by atoms with E-state index in [0.717, 1.165) is 25.9 Å². The Morgan fingerprint density at radius 3 is 2.50 bits per heavy atom. The third-order valence-corrected chi connectivity index (χ3v) is 2.75. The number of piperidine rings is 1. The van der Waals surface area contributed by atoms with Crippen molar-refractivity contribution in [2.45, 2.75) is 39.7 Å². The molecule has 5 nitrogen and oxygen atoms in total. The smallest absolute Gasteiger partial charge is 0.239 e. The van der Waals surface area contributed by atoms with Crippen LogP contribution in [0.15, 0.2) is 0 Å². The van der Waals surface area contributed by atoms with E-state index in [1.165, 1.54) is 0 Å². The van der Waals surface area contributed by atoms with Gasteiger partial charge in [-0.25, -0.2) is 0 Å². The number of hydrogen-bond acceptors (Lipinski definition) is 3.